The molecule has 88 valence electrons. The van der Waals surface area contributed by atoms with Crippen LogP contribution in [0, 0.1) is 0 Å². The maximum absolute atomic E-state index is 11.7. The van der Waals surface area contributed by atoms with Gasteiger partial charge in [-0.15, -0.1) is 5.10 Å². The van der Waals surface area contributed by atoms with Crippen molar-refractivity contribution in [1.29, 1.82) is 0 Å². The molecule has 2 heterocycles. The van der Waals surface area contributed by atoms with Crippen LogP contribution in [0.15, 0.2) is 18.3 Å². The minimum atomic E-state index is -0.217. The number of rotatable bonds is 3. The summed E-state index contributed by atoms with van der Waals surface area (Å²) >= 11 is 5.70. The van der Waals surface area contributed by atoms with Crippen molar-refractivity contribution < 1.29 is 4.79 Å². The highest BCUT2D eigenvalue weighted by atomic mass is 35.5. The van der Waals surface area contributed by atoms with Crippen LogP contribution in [0.25, 0.3) is 0 Å². The zero-order chi connectivity index (χ0) is 12.3. The lowest BCUT2D eigenvalue weighted by atomic mass is 10.3. The van der Waals surface area contributed by atoms with Crippen molar-refractivity contribution in [3.63, 3.8) is 0 Å². The molecule has 0 unspecified atom stereocenters. The molecule has 2 rings (SSSR count). The first-order valence-electron chi connectivity index (χ1n) is 4.78. The Balaban J connectivity index is 2.01. The lowest BCUT2D eigenvalue weighted by Crippen LogP contribution is -2.17. The summed E-state index contributed by atoms with van der Waals surface area (Å²) in [7, 11) is 1.67. The molecule has 0 bridgehead atoms. The molecule has 0 aromatic carbocycles. The van der Waals surface area contributed by atoms with Gasteiger partial charge in [-0.1, -0.05) is 11.6 Å². The van der Waals surface area contributed by atoms with E-state index in [1.807, 2.05) is 0 Å². The molecule has 0 fully saturated rings. The Morgan fingerprint density at radius 2 is 2.41 bits per heavy atom. The fraction of sp³-hybridized carbons (Fsp3) is 0.222. The third-order valence-electron chi connectivity index (χ3n) is 2.04. The van der Waals surface area contributed by atoms with Gasteiger partial charge in [0.15, 0.2) is 5.82 Å². The van der Waals surface area contributed by atoms with E-state index in [0.717, 1.165) is 0 Å². The predicted molar refractivity (Wildman–Crippen MR) is 60.4 cm³/mol. The molecule has 0 saturated heterocycles. The second-order valence-electron chi connectivity index (χ2n) is 3.31. The molecule has 0 aliphatic carbocycles. The number of nitrogens with zero attached hydrogens (tertiary/aromatic N) is 5. The molecule has 0 saturated carbocycles. The van der Waals surface area contributed by atoms with E-state index in [9.17, 15) is 4.79 Å². The summed E-state index contributed by atoms with van der Waals surface area (Å²) in [5, 5.41) is 13.8. The predicted octanol–water partition coefficient (Wildman–Crippen LogP) is 0.440. The zero-order valence-corrected chi connectivity index (χ0v) is 9.72. The number of aromatic nitrogens is 5. The zero-order valence-electron chi connectivity index (χ0n) is 8.96. The summed E-state index contributed by atoms with van der Waals surface area (Å²) in [6.45, 7) is 0. The minimum absolute atomic E-state index is 0.101. The van der Waals surface area contributed by atoms with Crippen molar-refractivity contribution in [2.24, 2.45) is 7.05 Å². The van der Waals surface area contributed by atoms with E-state index in [1.165, 1.54) is 10.9 Å². The monoisotopic (exact) mass is 252 g/mol. The Labute approximate surface area is 102 Å². The molecule has 1 N–H and O–H groups in total. The molecule has 2 aromatic heterocycles. The van der Waals surface area contributed by atoms with Crippen LogP contribution in [0.1, 0.15) is 5.82 Å². The fourth-order valence-electron chi connectivity index (χ4n) is 1.23. The average molecular weight is 253 g/mol. The maximum Gasteiger partial charge on any atom is 0.232 e. The largest absolute Gasteiger partial charge is 0.326 e. The van der Waals surface area contributed by atoms with Gasteiger partial charge in [0.25, 0.3) is 0 Å². The van der Waals surface area contributed by atoms with E-state index in [0.29, 0.717) is 16.7 Å². The molecule has 2 aromatic rings. The second-order valence-corrected chi connectivity index (χ2v) is 3.70. The Morgan fingerprint density at radius 3 is 3.06 bits per heavy atom. The normalized spacial score (nSPS) is 10.2. The topological polar surface area (TPSA) is 85.6 Å². The first-order chi connectivity index (χ1) is 8.15. The summed E-state index contributed by atoms with van der Waals surface area (Å²) in [5.74, 6) is 0.271. The van der Waals surface area contributed by atoms with Crippen molar-refractivity contribution in [3.8, 4) is 0 Å². The fourth-order valence-corrected chi connectivity index (χ4v) is 1.40. The minimum Gasteiger partial charge on any atom is -0.326 e. The summed E-state index contributed by atoms with van der Waals surface area (Å²) in [5.41, 5.74) is 0.588. The van der Waals surface area contributed by atoms with Gasteiger partial charge in [0.1, 0.15) is 5.15 Å². The third-order valence-corrected chi connectivity index (χ3v) is 2.24. The molecule has 0 radical (unpaired) electrons. The van der Waals surface area contributed by atoms with Crippen LogP contribution in [0.3, 0.4) is 0 Å². The molecular weight excluding hydrogens is 244 g/mol. The van der Waals surface area contributed by atoms with Crippen molar-refractivity contribution in [2.45, 2.75) is 6.42 Å². The van der Waals surface area contributed by atoms with E-state index >= 15 is 0 Å². The van der Waals surface area contributed by atoms with Crippen LogP contribution in [0.2, 0.25) is 5.15 Å². The molecule has 0 spiro atoms. The molecule has 0 aliphatic rings. The van der Waals surface area contributed by atoms with Gasteiger partial charge in [-0.25, -0.2) is 9.67 Å². The van der Waals surface area contributed by atoms with Gasteiger partial charge < -0.3 is 5.32 Å². The lowest BCUT2D eigenvalue weighted by Gasteiger charge is -2.04. The number of carbonyl (C=O) groups excluding carboxylic acids is 1. The molecule has 0 aliphatic heterocycles. The molecule has 1 amide bonds. The van der Waals surface area contributed by atoms with Crippen LogP contribution in [-0.2, 0) is 18.3 Å². The highest BCUT2D eigenvalue weighted by Gasteiger charge is 2.09. The summed E-state index contributed by atoms with van der Waals surface area (Å²) < 4.78 is 1.44. The Kier molecular flexibility index (Phi) is 3.29. The number of carbonyl (C=O) groups is 1. The molecular formula is C9H9ClN6O. The van der Waals surface area contributed by atoms with Gasteiger partial charge in [-0.05, 0) is 22.6 Å². The third kappa shape index (κ3) is 2.97. The summed E-state index contributed by atoms with van der Waals surface area (Å²) in [4.78, 5) is 15.5. The van der Waals surface area contributed by atoms with Gasteiger partial charge in [-0.2, -0.15) is 0 Å². The Morgan fingerprint density at radius 1 is 1.59 bits per heavy atom. The van der Waals surface area contributed by atoms with E-state index in [-0.39, 0.29) is 12.3 Å². The highest BCUT2D eigenvalue weighted by molar-refractivity contribution is 6.29. The van der Waals surface area contributed by atoms with Crippen molar-refractivity contribution in [3.05, 3.63) is 29.3 Å². The first kappa shape index (κ1) is 11.5. The van der Waals surface area contributed by atoms with Crippen LogP contribution in [-0.4, -0.2) is 31.1 Å². The number of pyridine rings is 1. The van der Waals surface area contributed by atoms with Gasteiger partial charge in [0.05, 0.1) is 6.42 Å². The van der Waals surface area contributed by atoms with E-state index in [4.69, 9.17) is 11.6 Å². The van der Waals surface area contributed by atoms with Gasteiger partial charge in [-0.3, -0.25) is 4.79 Å². The number of halogens is 1. The van der Waals surface area contributed by atoms with Crippen LogP contribution in [0.4, 0.5) is 5.69 Å². The number of anilines is 1. The van der Waals surface area contributed by atoms with Gasteiger partial charge in [0, 0.05) is 18.9 Å². The van der Waals surface area contributed by atoms with Gasteiger partial charge in [0.2, 0.25) is 5.91 Å². The number of hydrogen-bond acceptors (Lipinski definition) is 5. The maximum atomic E-state index is 11.7. The SMILES string of the molecule is Cn1nnnc1CC(=O)Nc1ccnc(Cl)c1. The quantitative estimate of drug-likeness (QED) is 0.801. The van der Waals surface area contributed by atoms with E-state index in [1.54, 1.807) is 19.2 Å². The van der Waals surface area contributed by atoms with Crippen molar-refractivity contribution in [1.82, 2.24) is 25.2 Å². The number of tetrazole rings is 1. The molecule has 8 heteroatoms. The molecule has 17 heavy (non-hydrogen) atoms. The molecule has 0 atom stereocenters. The van der Waals surface area contributed by atoms with Crippen molar-refractivity contribution in [2.75, 3.05) is 5.32 Å². The second kappa shape index (κ2) is 4.88. The highest BCUT2D eigenvalue weighted by Crippen LogP contribution is 2.11. The van der Waals surface area contributed by atoms with Crippen molar-refractivity contribution >= 4 is 23.2 Å². The average Bonchev–Trinajstić information content (AvgIpc) is 2.64. The smallest absolute Gasteiger partial charge is 0.232 e. The van der Waals surface area contributed by atoms with E-state index in [2.05, 4.69) is 25.8 Å². The van der Waals surface area contributed by atoms with E-state index < -0.39 is 0 Å². The molecule has 7 nitrogen and oxygen atoms in total. The van der Waals surface area contributed by atoms with Crippen LogP contribution < -0.4 is 5.32 Å². The number of amides is 1. The number of hydrogen-bond donors (Lipinski definition) is 1. The Hall–Kier alpha value is -2.02. The van der Waals surface area contributed by atoms with Crippen LogP contribution >= 0.6 is 11.6 Å². The number of aryl methyl sites for hydroxylation is 1. The summed E-state index contributed by atoms with van der Waals surface area (Å²) in [6.07, 6.45) is 1.62. The summed E-state index contributed by atoms with van der Waals surface area (Å²) in [6, 6.07) is 3.22. The standard InChI is InChI=1S/C9H9ClN6O/c1-16-8(13-14-15-16)5-9(17)12-6-2-3-11-7(10)4-6/h2-4H,5H2,1H3,(H,11,12,17). The van der Waals surface area contributed by atoms with Gasteiger partial charge >= 0.3 is 0 Å². The first-order valence-corrected chi connectivity index (χ1v) is 5.15. The van der Waals surface area contributed by atoms with Crippen LogP contribution in [0.5, 0.6) is 0 Å². The Bertz CT molecular complexity index is 540. The number of nitrogens with one attached hydrogen (secondary N) is 1. The lowest BCUT2D eigenvalue weighted by molar-refractivity contribution is -0.115.